The minimum absolute atomic E-state index is 0.0187. The monoisotopic (exact) mass is 440 g/mol. The van der Waals surface area contributed by atoms with E-state index in [1.54, 1.807) is 0 Å². The van der Waals surface area contributed by atoms with Gasteiger partial charge in [0.25, 0.3) is 0 Å². The van der Waals surface area contributed by atoms with Crippen LogP contribution in [0.1, 0.15) is 30.9 Å². The van der Waals surface area contributed by atoms with Crippen LogP contribution in [0.2, 0.25) is 0 Å². The zero-order valence-electron chi connectivity index (χ0n) is 15.5. The summed E-state index contributed by atoms with van der Waals surface area (Å²) in [5.41, 5.74) is 2.29. The van der Waals surface area contributed by atoms with Crippen molar-refractivity contribution in [3.63, 3.8) is 0 Å². The van der Waals surface area contributed by atoms with E-state index in [0.717, 1.165) is 40.6 Å². The molecule has 5 heteroatoms. The second-order valence-electron chi connectivity index (χ2n) is 7.69. The average Bonchev–Trinajstić information content (AvgIpc) is 3.37. The number of hydrogen-bond donors (Lipinski definition) is 1. The molecular formula is C23H21BrO4. The lowest BCUT2D eigenvalue weighted by atomic mass is 9.80. The number of hydrogen-bond acceptors (Lipinski definition) is 4. The van der Waals surface area contributed by atoms with Crippen LogP contribution in [-0.4, -0.2) is 23.1 Å². The number of ketones is 1. The van der Waals surface area contributed by atoms with Crippen LogP contribution >= 0.6 is 15.9 Å². The van der Waals surface area contributed by atoms with Gasteiger partial charge in [0.1, 0.15) is 17.3 Å². The van der Waals surface area contributed by atoms with Gasteiger partial charge in [0.15, 0.2) is 5.78 Å². The van der Waals surface area contributed by atoms with Crippen LogP contribution in [0.3, 0.4) is 0 Å². The van der Waals surface area contributed by atoms with Crippen LogP contribution in [0.25, 0.3) is 5.57 Å². The minimum atomic E-state index is -0.227. The third kappa shape index (κ3) is 2.72. The number of aryl methyl sites for hydroxylation is 1. The number of fused-ring (bicyclic) bond motifs is 5. The number of ether oxygens (including phenoxy) is 2. The molecule has 28 heavy (non-hydrogen) atoms. The molecule has 3 aliphatic rings. The molecule has 4 atom stereocenters. The zero-order chi connectivity index (χ0) is 19.4. The fraction of sp³-hybridized carbons (Fsp3) is 0.348. The third-order valence-corrected chi connectivity index (χ3v) is 6.70. The van der Waals surface area contributed by atoms with E-state index < -0.39 is 0 Å². The molecule has 144 valence electrons. The fourth-order valence-electron chi connectivity index (χ4n) is 4.89. The van der Waals surface area contributed by atoms with Crippen LogP contribution in [0.5, 0.6) is 11.5 Å². The summed E-state index contributed by atoms with van der Waals surface area (Å²) in [4.78, 5) is 13.2. The van der Waals surface area contributed by atoms with Crippen molar-refractivity contribution in [2.45, 2.75) is 38.4 Å². The van der Waals surface area contributed by atoms with Crippen molar-refractivity contribution < 1.29 is 19.4 Å². The predicted molar refractivity (Wildman–Crippen MR) is 109 cm³/mol. The molecule has 0 spiro atoms. The second-order valence-corrected chi connectivity index (χ2v) is 8.61. The van der Waals surface area contributed by atoms with E-state index in [1.807, 2.05) is 42.5 Å². The largest absolute Gasteiger partial charge is 0.511 e. The van der Waals surface area contributed by atoms with Crippen LogP contribution in [-0.2, 0) is 16.0 Å². The van der Waals surface area contributed by atoms with Crippen LogP contribution < -0.4 is 4.74 Å². The summed E-state index contributed by atoms with van der Waals surface area (Å²) in [5, 5.41) is 11.0. The van der Waals surface area contributed by atoms with Gasteiger partial charge in [0.05, 0.1) is 29.6 Å². The van der Waals surface area contributed by atoms with E-state index in [9.17, 15) is 9.90 Å². The van der Waals surface area contributed by atoms with Gasteiger partial charge in [-0.3, -0.25) is 4.79 Å². The number of aliphatic hydroxyl groups excluding tert-OH is 1. The fourth-order valence-corrected chi connectivity index (χ4v) is 5.15. The number of rotatable bonds is 4. The normalized spacial score (nSPS) is 28.1. The van der Waals surface area contributed by atoms with Crippen molar-refractivity contribution >= 4 is 27.3 Å². The molecule has 0 radical (unpaired) electrons. The van der Waals surface area contributed by atoms with Gasteiger partial charge >= 0.3 is 0 Å². The number of benzene rings is 2. The van der Waals surface area contributed by atoms with Gasteiger partial charge < -0.3 is 14.6 Å². The Morgan fingerprint density at radius 2 is 1.75 bits per heavy atom. The molecule has 2 aliphatic heterocycles. The summed E-state index contributed by atoms with van der Waals surface area (Å²) >= 11 is 3.42. The van der Waals surface area contributed by atoms with Gasteiger partial charge in [-0.15, -0.1) is 0 Å². The number of allylic oxidation sites excluding steroid dienone is 1. The van der Waals surface area contributed by atoms with Gasteiger partial charge in [0, 0.05) is 4.47 Å². The topological polar surface area (TPSA) is 55.8 Å². The summed E-state index contributed by atoms with van der Waals surface area (Å²) in [6.45, 7) is 2.05. The van der Waals surface area contributed by atoms with E-state index >= 15 is 0 Å². The molecule has 1 N–H and O–H groups in total. The molecular weight excluding hydrogens is 420 g/mol. The first-order chi connectivity index (χ1) is 13.6. The lowest BCUT2D eigenvalue weighted by molar-refractivity contribution is -0.118. The molecule has 0 saturated carbocycles. The molecule has 1 aliphatic carbocycles. The Kier molecular flexibility index (Phi) is 4.33. The third-order valence-electron chi connectivity index (χ3n) is 6.18. The molecule has 2 bridgehead atoms. The summed E-state index contributed by atoms with van der Waals surface area (Å²) in [6, 6.07) is 13.4. The van der Waals surface area contributed by atoms with Gasteiger partial charge in [-0.1, -0.05) is 28.9 Å². The maximum absolute atomic E-state index is 13.2. The Morgan fingerprint density at radius 3 is 2.43 bits per heavy atom. The van der Waals surface area contributed by atoms with Crippen molar-refractivity contribution in [1.82, 2.24) is 0 Å². The van der Waals surface area contributed by atoms with Crippen molar-refractivity contribution in [2.75, 3.05) is 0 Å². The summed E-state index contributed by atoms with van der Waals surface area (Å²) in [6.07, 6.45) is 2.53. The smallest absolute Gasteiger partial charge is 0.173 e. The maximum atomic E-state index is 13.2. The summed E-state index contributed by atoms with van der Waals surface area (Å²) in [5.74, 6) is 1.19. The molecule has 0 amide bonds. The highest BCUT2D eigenvalue weighted by Gasteiger charge is 2.59. The molecule has 4 nitrogen and oxygen atoms in total. The molecule has 2 saturated heterocycles. The van der Waals surface area contributed by atoms with E-state index in [-0.39, 0.29) is 35.6 Å². The van der Waals surface area contributed by atoms with Crippen LogP contribution in [0, 0.1) is 11.8 Å². The standard InChI is InChI=1S/C23H21BrO4/c1-2-12-3-6-15(27-14-7-4-13(24)5-8-14)11-16(12)19-22(25)20-17-9-10-18(28-17)21(20)23(19)26/h3-8,11,17-18,20-21,25H,2,9-10H2,1H3/t17?,18?,20-,21+/m0/s1. The molecule has 2 aromatic rings. The lowest BCUT2D eigenvalue weighted by Gasteiger charge is -2.19. The Morgan fingerprint density at radius 1 is 1.07 bits per heavy atom. The Balaban J connectivity index is 1.53. The van der Waals surface area contributed by atoms with Crippen molar-refractivity contribution in [3.8, 4) is 11.5 Å². The molecule has 2 fully saturated rings. The van der Waals surface area contributed by atoms with Crippen LogP contribution in [0.15, 0.2) is 52.7 Å². The van der Waals surface area contributed by atoms with E-state index in [1.165, 1.54) is 0 Å². The molecule has 0 aromatic heterocycles. The van der Waals surface area contributed by atoms with Crippen molar-refractivity contribution in [1.29, 1.82) is 0 Å². The first kappa shape index (κ1) is 18.0. The lowest BCUT2D eigenvalue weighted by Crippen LogP contribution is -2.29. The van der Waals surface area contributed by atoms with Crippen molar-refractivity contribution in [3.05, 3.63) is 63.8 Å². The van der Waals surface area contributed by atoms with Gasteiger partial charge in [-0.05, 0) is 66.8 Å². The van der Waals surface area contributed by atoms with Gasteiger partial charge in [0.2, 0.25) is 0 Å². The second kappa shape index (κ2) is 6.75. The zero-order valence-corrected chi connectivity index (χ0v) is 17.1. The number of carbonyl (C=O) groups is 1. The molecule has 5 rings (SSSR count). The summed E-state index contributed by atoms with van der Waals surface area (Å²) < 4.78 is 12.9. The van der Waals surface area contributed by atoms with E-state index in [2.05, 4.69) is 22.9 Å². The number of halogens is 1. The number of Topliss-reactive ketones (excluding diaryl/α,β-unsaturated/α-hetero) is 1. The molecule has 2 heterocycles. The Bertz CT molecular complexity index is 979. The highest BCUT2D eigenvalue weighted by molar-refractivity contribution is 9.10. The first-order valence-electron chi connectivity index (χ1n) is 9.76. The first-order valence-corrected chi connectivity index (χ1v) is 10.6. The Hall–Kier alpha value is -2.11. The SMILES string of the molecule is CCc1ccc(Oc2ccc(Br)cc2)cc1C1=C(O)[C@H]2C3CCC(O3)[C@H]2C1=O. The van der Waals surface area contributed by atoms with Gasteiger partial charge in [-0.25, -0.2) is 0 Å². The predicted octanol–water partition coefficient (Wildman–Crippen LogP) is 5.45. The molecule has 2 unspecified atom stereocenters. The van der Waals surface area contributed by atoms with Gasteiger partial charge in [-0.2, -0.15) is 0 Å². The quantitative estimate of drug-likeness (QED) is 0.686. The number of carbonyl (C=O) groups excluding carboxylic acids is 1. The van der Waals surface area contributed by atoms with Crippen LogP contribution in [0.4, 0.5) is 0 Å². The summed E-state index contributed by atoms with van der Waals surface area (Å²) in [7, 11) is 0. The molecule has 2 aromatic carbocycles. The van der Waals surface area contributed by atoms with E-state index in [0.29, 0.717) is 11.3 Å². The Labute approximate surface area is 172 Å². The van der Waals surface area contributed by atoms with Crippen molar-refractivity contribution in [2.24, 2.45) is 11.8 Å². The average molecular weight is 441 g/mol. The maximum Gasteiger partial charge on any atom is 0.173 e. The number of aliphatic hydroxyl groups is 1. The van der Waals surface area contributed by atoms with E-state index in [4.69, 9.17) is 9.47 Å². The minimum Gasteiger partial charge on any atom is -0.511 e. The highest BCUT2D eigenvalue weighted by Crippen LogP contribution is 2.54. The highest BCUT2D eigenvalue weighted by atomic mass is 79.9.